The van der Waals surface area contributed by atoms with Crippen molar-refractivity contribution < 1.29 is 9.53 Å². The molecule has 0 radical (unpaired) electrons. The largest absolute Gasteiger partial charge is 0.461 e. The summed E-state index contributed by atoms with van der Waals surface area (Å²) in [7, 11) is 0. The molecular weight excluding hydrogens is 204 g/mol. The number of carbonyl (C=O) groups is 1. The normalized spacial score (nSPS) is 12.1. The Labute approximate surface area is 95.8 Å². The van der Waals surface area contributed by atoms with E-state index in [-0.39, 0.29) is 11.9 Å². The van der Waals surface area contributed by atoms with Crippen molar-refractivity contribution in [3.05, 3.63) is 35.9 Å². The minimum atomic E-state index is -0.181. The summed E-state index contributed by atoms with van der Waals surface area (Å²) in [6, 6.07) is 9.63. The quantitative estimate of drug-likeness (QED) is 0.431. The predicted octanol–water partition coefficient (Wildman–Crippen LogP) is 1.22. The third kappa shape index (κ3) is 4.42. The topological polar surface area (TPSA) is 64.3 Å². The second kappa shape index (κ2) is 6.98. The van der Waals surface area contributed by atoms with Gasteiger partial charge in [0.2, 0.25) is 0 Å². The van der Waals surface area contributed by atoms with E-state index in [1.54, 1.807) is 0 Å². The van der Waals surface area contributed by atoms with Crippen LogP contribution >= 0.6 is 0 Å². The molecular formula is C12H18N2O2. The number of esters is 1. The first-order chi connectivity index (χ1) is 7.74. The van der Waals surface area contributed by atoms with Crippen LogP contribution in [0.25, 0.3) is 0 Å². The zero-order valence-corrected chi connectivity index (χ0v) is 9.48. The number of ether oxygens (including phenoxy) is 1. The van der Waals surface area contributed by atoms with E-state index in [1.165, 1.54) is 0 Å². The molecule has 1 atom stereocenters. The maximum Gasteiger partial charge on any atom is 0.309 e. The number of rotatable bonds is 6. The highest BCUT2D eigenvalue weighted by atomic mass is 16.5. The van der Waals surface area contributed by atoms with Crippen LogP contribution in [0.15, 0.2) is 30.3 Å². The summed E-state index contributed by atoms with van der Waals surface area (Å²) in [5.41, 5.74) is 3.52. The molecule has 3 N–H and O–H groups in total. The van der Waals surface area contributed by atoms with Gasteiger partial charge >= 0.3 is 5.97 Å². The van der Waals surface area contributed by atoms with Gasteiger partial charge in [0.05, 0.1) is 5.92 Å². The fourth-order valence-electron chi connectivity index (χ4n) is 1.29. The van der Waals surface area contributed by atoms with Crippen molar-refractivity contribution in [1.82, 2.24) is 5.43 Å². The van der Waals surface area contributed by atoms with E-state index in [4.69, 9.17) is 10.6 Å². The summed E-state index contributed by atoms with van der Waals surface area (Å²) in [5.74, 6) is 4.83. The number of hydrogen-bond acceptors (Lipinski definition) is 4. The van der Waals surface area contributed by atoms with Crippen LogP contribution in [0, 0.1) is 5.92 Å². The molecule has 1 aromatic carbocycles. The first-order valence-electron chi connectivity index (χ1n) is 5.38. The number of nitrogens with two attached hydrogens (primary N) is 1. The maximum absolute atomic E-state index is 11.5. The van der Waals surface area contributed by atoms with E-state index >= 15 is 0 Å². The molecule has 0 aliphatic heterocycles. The number of hydrogen-bond donors (Lipinski definition) is 2. The summed E-state index contributed by atoms with van der Waals surface area (Å²) in [4.78, 5) is 11.5. The first kappa shape index (κ1) is 12.7. The lowest BCUT2D eigenvalue weighted by atomic mass is 10.1. The van der Waals surface area contributed by atoms with Gasteiger partial charge in [-0.15, -0.1) is 0 Å². The van der Waals surface area contributed by atoms with Crippen LogP contribution < -0.4 is 11.3 Å². The molecule has 0 fully saturated rings. The van der Waals surface area contributed by atoms with Crippen molar-refractivity contribution in [2.24, 2.45) is 11.8 Å². The van der Waals surface area contributed by atoms with Gasteiger partial charge in [-0.3, -0.25) is 16.1 Å². The Kier molecular flexibility index (Phi) is 5.53. The number of carbonyl (C=O) groups excluding carboxylic acids is 1. The molecule has 0 aliphatic rings. The highest BCUT2D eigenvalue weighted by Gasteiger charge is 2.13. The van der Waals surface area contributed by atoms with Crippen LogP contribution in [-0.2, 0) is 16.1 Å². The van der Waals surface area contributed by atoms with Gasteiger partial charge in [-0.2, -0.15) is 0 Å². The average Bonchev–Trinajstić information content (AvgIpc) is 2.34. The standard InChI is InChI=1S/C12H18N2O2/c1-10(7-8-14-13)12(15)16-9-11-5-3-2-4-6-11/h2-6,10,14H,7-9,13H2,1H3/t10-/m1/s1. The van der Waals surface area contributed by atoms with E-state index in [1.807, 2.05) is 37.3 Å². The molecule has 0 aromatic heterocycles. The van der Waals surface area contributed by atoms with Crippen molar-refractivity contribution in [1.29, 1.82) is 0 Å². The third-order valence-electron chi connectivity index (χ3n) is 2.35. The number of nitrogens with one attached hydrogen (secondary N) is 1. The fourth-order valence-corrected chi connectivity index (χ4v) is 1.29. The van der Waals surface area contributed by atoms with Crippen LogP contribution in [-0.4, -0.2) is 12.5 Å². The highest BCUT2D eigenvalue weighted by molar-refractivity contribution is 5.71. The zero-order valence-electron chi connectivity index (χ0n) is 9.48. The van der Waals surface area contributed by atoms with Crippen LogP contribution in [0.1, 0.15) is 18.9 Å². The van der Waals surface area contributed by atoms with Gasteiger partial charge < -0.3 is 4.74 Å². The Bertz CT molecular complexity index is 314. The van der Waals surface area contributed by atoms with Gasteiger partial charge in [0, 0.05) is 6.54 Å². The smallest absolute Gasteiger partial charge is 0.309 e. The average molecular weight is 222 g/mol. The molecule has 88 valence electrons. The van der Waals surface area contributed by atoms with E-state index < -0.39 is 0 Å². The molecule has 0 aliphatic carbocycles. The summed E-state index contributed by atoms with van der Waals surface area (Å²) in [6.07, 6.45) is 0.685. The lowest BCUT2D eigenvalue weighted by Gasteiger charge is -2.10. The van der Waals surface area contributed by atoms with Gasteiger partial charge in [-0.25, -0.2) is 0 Å². The van der Waals surface area contributed by atoms with E-state index in [2.05, 4.69) is 5.43 Å². The fraction of sp³-hybridized carbons (Fsp3) is 0.417. The molecule has 0 spiro atoms. The molecule has 1 rings (SSSR count). The van der Waals surface area contributed by atoms with Crippen LogP contribution in [0.3, 0.4) is 0 Å². The first-order valence-corrected chi connectivity index (χ1v) is 5.38. The highest BCUT2D eigenvalue weighted by Crippen LogP contribution is 2.07. The van der Waals surface area contributed by atoms with Gasteiger partial charge in [-0.05, 0) is 12.0 Å². The molecule has 0 bridgehead atoms. The van der Waals surface area contributed by atoms with Gasteiger partial charge in [-0.1, -0.05) is 37.3 Å². The molecule has 16 heavy (non-hydrogen) atoms. The predicted molar refractivity (Wildman–Crippen MR) is 62.2 cm³/mol. The van der Waals surface area contributed by atoms with Crippen LogP contribution in [0.5, 0.6) is 0 Å². The monoisotopic (exact) mass is 222 g/mol. The SMILES string of the molecule is C[C@H](CCNN)C(=O)OCc1ccccc1. The Morgan fingerprint density at radius 1 is 1.44 bits per heavy atom. The Balaban J connectivity index is 2.29. The molecule has 0 saturated carbocycles. The molecule has 0 amide bonds. The molecule has 0 unspecified atom stereocenters. The Hall–Kier alpha value is -1.39. The Morgan fingerprint density at radius 3 is 2.75 bits per heavy atom. The van der Waals surface area contributed by atoms with Crippen LogP contribution in [0.2, 0.25) is 0 Å². The Morgan fingerprint density at radius 2 is 2.12 bits per heavy atom. The van der Waals surface area contributed by atoms with Crippen molar-refractivity contribution in [2.45, 2.75) is 20.0 Å². The van der Waals surface area contributed by atoms with Crippen molar-refractivity contribution in [3.63, 3.8) is 0 Å². The second-order valence-electron chi connectivity index (χ2n) is 3.74. The third-order valence-corrected chi connectivity index (χ3v) is 2.35. The van der Waals surface area contributed by atoms with Crippen molar-refractivity contribution >= 4 is 5.97 Å². The summed E-state index contributed by atoms with van der Waals surface area (Å²) < 4.78 is 5.18. The summed E-state index contributed by atoms with van der Waals surface area (Å²) in [6.45, 7) is 2.78. The van der Waals surface area contributed by atoms with E-state index in [0.717, 1.165) is 5.56 Å². The summed E-state index contributed by atoms with van der Waals surface area (Å²) >= 11 is 0. The minimum Gasteiger partial charge on any atom is -0.461 e. The molecule has 0 heterocycles. The maximum atomic E-state index is 11.5. The minimum absolute atomic E-state index is 0.125. The van der Waals surface area contributed by atoms with Gasteiger partial charge in [0.15, 0.2) is 0 Å². The molecule has 0 saturated heterocycles. The van der Waals surface area contributed by atoms with E-state index in [0.29, 0.717) is 19.6 Å². The van der Waals surface area contributed by atoms with Crippen molar-refractivity contribution in [2.75, 3.05) is 6.54 Å². The lowest BCUT2D eigenvalue weighted by Crippen LogP contribution is -2.26. The zero-order chi connectivity index (χ0) is 11.8. The number of benzene rings is 1. The number of hydrazine groups is 1. The van der Waals surface area contributed by atoms with Gasteiger partial charge in [0.1, 0.15) is 6.61 Å². The summed E-state index contributed by atoms with van der Waals surface area (Å²) in [5, 5.41) is 0. The van der Waals surface area contributed by atoms with Gasteiger partial charge in [0.25, 0.3) is 0 Å². The van der Waals surface area contributed by atoms with Crippen LogP contribution in [0.4, 0.5) is 0 Å². The molecule has 1 aromatic rings. The molecule has 4 heteroatoms. The second-order valence-corrected chi connectivity index (χ2v) is 3.74. The lowest BCUT2D eigenvalue weighted by molar-refractivity contribution is -0.149. The van der Waals surface area contributed by atoms with E-state index in [9.17, 15) is 4.79 Å². The molecule has 4 nitrogen and oxygen atoms in total. The van der Waals surface area contributed by atoms with Crippen molar-refractivity contribution in [3.8, 4) is 0 Å².